The standard InChI is InChI=1S/C17H14N2O3S/c1-18-15(21)13(16(22)19(2)17(18)23)9-12-11-6-4-3-5-10(11)7-8-14(12)20/h3-9,21H,1-2H3. The van der Waals surface area contributed by atoms with Crippen molar-refractivity contribution in [1.29, 1.82) is 0 Å². The van der Waals surface area contributed by atoms with Crippen LogP contribution in [-0.2, 0) is 18.9 Å². The highest BCUT2D eigenvalue weighted by Gasteiger charge is 2.19. The molecule has 0 fully saturated rings. The first-order chi connectivity index (χ1) is 10.9. The van der Waals surface area contributed by atoms with Crippen LogP contribution in [0, 0.1) is 4.77 Å². The van der Waals surface area contributed by atoms with Crippen LogP contribution >= 0.6 is 12.2 Å². The highest BCUT2D eigenvalue weighted by atomic mass is 32.1. The summed E-state index contributed by atoms with van der Waals surface area (Å²) >= 11 is 5.09. The quantitative estimate of drug-likeness (QED) is 0.645. The van der Waals surface area contributed by atoms with Gasteiger partial charge in [0.2, 0.25) is 5.88 Å². The lowest BCUT2D eigenvalue weighted by atomic mass is 9.90. The van der Waals surface area contributed by atoms with Crippen molar-refractivity contribution in [2.45, 2.75) is 0 Å². The zero-order valence-electron chi connectivity index (χ0n) is 12.6. The van der Waals surface area contributed by atoms with Gasteiger partial charge in [0.15, 0.2) is 10.6 Å². The molecule has 1 aliphatic carbocycles. The van der Waals surface area contributed by atoms with Crippen LogP contribution in [0.25, 0.3) is 17.7 Å². The van der Waals surface area contributed by atoms with E-state index in [1.54, 1.807) is 13.1 Å². The van der Waals surface area contributed by atoms with Gasteiger partial charge in [-0.3, -0.25) is 18.7 Å². The Hall–Kier alpha value is -2.73. The maximum absolute atomic E-state index is 12.4. The molecule has 0 radical (unpaired) electrons. The third-order valence-electron chi connectivity index (χ3n) is 3.89. The van der Waals surface area contributed by atoms with Gasteiger partial charge in [-0.1, -0.05) is 30.3 Å². The Labute approximate surface area is 137 Å². The van der Waals surface area contributed by atoms with Gasteiger partial charge in [-0.05, 0) is 35.5 Å². The van der Waals surface area contributed by atoms with E-state index >= 15 is 0 Å². The summed E-state index contributed by atoms with van der Waals surface area (Å²) in [6, 6.07) is 7.39. The number of fused-ring (bicyclic) bond motifs is 1. The zero-order chi connectivity index (χ0) is 16.7. The number of hydrogen-bond acceptors (Lipinski definition) is 4. The van der Waals surface area contributed by atoms with E-state index in [9.17, 15) is 14.7 Å². The van der Waals surface area contributed by atoms with Crippen molar-refractivity contribution in [2.75, 3.05) is 0 Å². The number of carbonyl (C=O) groups is 1. The molecular formula is C17H14N2O3S. The number of nitrogens with zero attached hydrogens (tertiary/aromatic N) is 2. The van der Waals surface area contributed by atoms with Crippen LogP contribution < -0.4 is 5.56 Å². The summed E-state index contributed by atoms with van der Waals surface area (Å²) in [4.78, 5) is 24.7. The largest absolute Gasteiger partial charge is 0.494 e. The first-order valence-electron chi connectivity index (χ1n) is 6.94. The monoisotopic (exact) mass is 326 g/mol. The third kappa shape index (κ3) is 2.37. The van der Waals surface area contributed by atoms with E-state index in [1.807, 2.05) is 24.3 Å². The Bertz CT molecular complexity index is 1010. The summed E-state index contributed by atoms with van der Waals surface area (Å²) in [6.45, 7) is 0. The van der Waals surface area contributed by atoms with E-state index < -0.39 is 5.56 Å². The highest BCUT2D eigenvalue weighted by molar-refractivity contribution is 7.71. The molecule has 3 rings (SSSR count). The number of allylic oxidation sites excluding steroid dienone is 2. The molecule has 1 N–H and O–H groups in total. The van der Waals surface area contributed by atoms with Crippen LogP contribution in [-0.4, -0.2) is 20.0 Å². The minimum absolute atomic E-state index is 0.0389. The molecule has 23 heavy (non-hydrogen) atoms. The van der Waals surface area contributed by atoms with Crippen LogP contribution in [0.15, 0.2) is 35.1 Å². The van der Waals surface area contributed by atoms with Gasteiger partial charge >= 0.3 is 0 Å². The SMILES string of the molecule is Cn1c(O)c(C=C2C(=O)C=Cc3ccccc32)c(=O)n(C)c1=S. The molecule has 0 saturated heterocycles. The number of aromatic hydroxyl groups is 1. The fraction of sp³-hybridized carbons (Fsp3) is 0.118. The molecule has 0 spiro atoms. The lowest BCUT2D eigenvalue weighted by Crippen LogP contribution is -2.24. The summed E-state index contributed by atoms with van der Waals surface area (Å²) < 4.78 is 2.79. The Morgan fingerprint density at radius 2 is 1.78 bits per heavy atom. The van der Waals surface area contributed by atoms with Crippen LogP contribution in [0.1, 0.15) is 16.7 Å². The van der Waals surface area contributed by atoms with E-state index in [0.717, 1.165) is 11.1 Å². The third-order valence-corrected chi connectivity index (χ3v) is 4.43. The lowest BCUT2D eigenvalue weighted by Gasteiger charge is -2.14. The molecule has 0 amide bonds. The van der Waals surface area contributed by atoms with Gasteiger partial charge in [-0.2, -0.15) is 0 Å². The van der Waals surface area contributed by atoms with E-state index in [-0.39, 0.29) is 22.0 Å². The summed E-state index contributed by atoms with van der Waals surface area (Å²) in [5, 5.41) is 10.3. The van der Waals surface area contributed by atoms with E-state index in [4.69, 9.17) is 12.2 Å². The summed E-state index contributed by atoms with van der Waals surface area (Å²) in [6.07, 6.45) is 4.62. The molecule has 1 aromatic heterocycles. The van der Waals surface area contributed by atoms with Gasteiger partial charge in [0.25, 0.3) is 5.56 Å². The number of hydrogen-bond donors (Lipinski definition) is 1. The molecule has 1 heterocycles. The van der Waals surface area contributed by atoms with Gasteiger partial charge in [-0.15, -0.1) is 0 Å². The normalized spacial score (nSPS) is 15.0. The molecule has 5 nitrogen and oxygen atoms in total. The van der Waals surface area contributed by atoms with Gasteiger partial charge in [-0.25, -0.2) is 0 Å². The molecule has 6 heteroatoms. The predicted molar refractivity (Wildman–Crippen MR) is 91.5 cm³/mol. The summed E-state index contributed by atoms with van der Waals surface area (Å²) in [7, 11) is 3.10. The molecule has 0 saturated carbocycles. The van der Waals surface area contributed by atoms with Crippen molar-refractivity contribution in [2.24, 2.45) is 14.1 Å². The van der Waals surface area contributed by atoms with Crippen molar-refractivity contribution in [3.05, 3.63) is 62.2 Å². The van der Waals surface area contributed by atoms with Crippen LogP contribution in [0.4, 0.5) is 0 Å². The maximum atomic E-state index is 12.4. The summed E-state index contributed by atoms with van der Waals surface area (Å²) in [5.41, 5.74) is 1.58. The Morgan fingerprint density at radius 1 is 1.09 bits per heavy atom. The Balaban J connectivity index is 2.32. The maximum Gasteiger partial charge on any atom is 0.265 e. The molecule has 0 bridgehead atoms. The summed E-state index contributed by atoms with van der Waals surface area (Å²) in [5.74, 6) is -0.472. The fourth-order valence-corrected chi connectivity index (χ4v) is 2.72. The molecule has 0 atom stereocenters. The van der Waals surface area contributed by atoms with Crippen molar-refractivity contribution in [3.63, 3.8) is 0 Å². The highest BCUT2D eigenvalue weighted by Crippen LogP contribution is 2.29. The molecule has 0 aliphatic heterocycles. The van der Waals surface area contributed by atoms with E-state index in [1.165, 1.54) is 28.3 Å². The van der Waals surface area contributed by atoms with E-state index in [0.29, 0.717) is 5.57 Å². The molecule has 2 aromatic rings. The number of rotatable bonds is 1. The second kappa shape index (κ2) is 5.48. The van der Waals surface area contributed by atoms with Crippen LogP contribution in [0.2, 0.25) is 0 Å². The first kappa shape index (κ1) is 15.2. The number of ketones is 1. The van der Waals surface area contributed by atoms with Crippen molar-refractivity contribution in [3.8, 4) is 5.88 Å². The van der Waals surface area contributed by atoms with Gasteiger partial charge in [0.05, 0.1) is 0 Å². The van der Waals surface area contributed by atoms with Gasteiger partial charge in [0, 0.05) is 19.7 Å². The second-order valence-corrected chi connectivity index (χ2v) is 5.65. The number of aromatic nitrogens is 2. The average molecular weight is 326 g/mol. The molecule has 1 aromatic carbocycles. The number of carbonyl (C=O) groups excluding carboxylic acids is 1. The molecular weight excluding hydrogens is 312 g/mol. The smallest absolute Gasteiger partial charge is 0.265 e. The Morgan fingerprint density at radius 3 is 2.52 bits per heavy atom. The second-order valence-electron chi connectivity index (χ2n) is 5.29. The Kier molecular flexibility index (Phi) is 3.61. The van der Waals surface area contributed by atoms with Crippen molar-refractivity contribution >= 4 is 35.7 Å². The minimum atomic E-state index is -0.446. The number of benzene rings is 1. The predicted octanol–water partition coefficient (Wildman–Crippen LogP) is 2.30. The van der Waals surface area contributed by atoms with Crippen molar-refractivity contribution in [1.82, 2.24) is 9.13 Å². The van der Waals surface area contributed by atoms with Crippen molar-refractivity contribution < 1.29 is 9.90 Å². The van der Waals surface area contributed by atoms with E-state index in [2.05, 4.69) is 0 Å². The molecule has 1 aliphatic rings. The lowest BCUT2D eigenvalue weighted by molar-refractivity contribution is -0.109. The topological polar surface area (TPSA) is 64.2 Å². The van der Waals surface area contributed by atoms with Crippen LogP contribution in [0.3, 0.4) is 0 Å². The van der Waals surface area contributed by atoms with Crippen LogP contribution in [0.5, 0.6) is 5.88 Å². The minimum Gasteiger partial charge on any atom is -0.494 e. The first-order valence-corrected chi connectivity index (χ1v) is 7.35. The van der Waals surface area contributed by atoms with Gasteiger partial charge < -0.3 is 5.11 Å². The van der Waals surface area contributed by atoms with Gasteiger partial charge in [0.1, 0.15) is 5.56 Å². The average Bonchev–Trinajstić information content (AvgIpc) is 2.56. The molecule has 116 valence electrons. The zero-order valence-corrected chi connectivity index (χ0v) is 13.4. The fourth-order valence-electron chi connectivity index (χ4n) is 2.55. The molecule has 0 unspecified atom stereocenters.